The van der Waals surface area contributed by atoms with Crippen molar-refractivity contribution in [3.8, 4) is 0 Å². The highest BCUT2D eigenvalue weighted by Crippen LogP contribution is 2.29. The van der Waals surface area contributed by atoms with Crippen molar-refractivity contribution in [2.24, 2.45) is 0 Å². The number of nitrogens with zero attached hydrogens (tertiary/aromatic N) is 4. The summed E-state index contributed by atoms with van der Waals surface area (Å²) < 4.78 is 2.32. The molecule has 0 radical (unpaired) electrons. The number of nitrogen functional groups attached to an aromatic ring is 1. The van der Waals surface area contributed by atoms with Gasteiger partial charge in [-0.1, -0.05) is 31.5 Å². The number of amides is 1. The molecule has 36 heavy (non-hydrogen) atoms. The molecule has 4 aromatic rings. The molecular formula is C29H36N6O. The lowest BCUT2D eigenvalue weighted by Gasteiger charge is -2.17. The Hall–Kier alpha value is -3.61. The summed E-state index contributed by atoms with van der Waals surface area (Å²) in [5, 5.41) is 4.17. The summed E-state index contributed by atoms with van der Waals surface area (Å²) in [5.74, 6) is 1.55. The molecule has 1 amide bonds. The zero-order valence-corrected chi connectivity index (χ0v) is 21.2. The fraction of sp³-hybridized carbons (Fsp3) is 0.414. The molecule has 2 aromatic carbocycles. The van der Waals surface area contributed by atoms with E-state index in [1.54, 1.807) is 0 Å². The second-order valence-electron chi connectivity index (χ2n) is 9.70. The van der Waals surface area contributed by atoms with Crippen molar-refractivity contribution in [1.82, 2.24) is 19.9 Å². The van der Waals surface area contributed by atoms with Crippen LogP contribution in [0.3, 0.4) is 0 Å². The maximum Gasteiger partial charge on any atom is 0.251 e. The fourth-order valence-corrected chi connectivity index (χ4v) is 5.17. The number of anilines is 2. The Balaban J connectivity index is 1.23. The number of carbonyl (C=O) groups is 1. The van der Waals surface area contributed by atoms with Crippen LogP contribution in [0.15, 0.2) is 48.5 Å². The van der Waals surface area contributed by atoms with Gasteiger partial charge in [0.1, 0.15) is 11.3 Å². The molecule has 1 saturated heterocycles. The van der Waals surface area contributed by atoms with Gasteiger partial charge in [0.25, 0.3) is 5.91 Å². The van der Waals surface area contributed by atoms with Gasteiger partial charge in [-0.3, -0.25) is 4.79 Å². The highest BCUT2D eigenvalue weighted by Gasteiger charge is 2.17. The summed E-state index contributed by atoms with van der Waals surface area (Å²) in [5.41, 5.74) is 11.0. The molecule has 3 N–H and O–H groups in total. The first-order valence-electron chi connectivity index (χ1n) is 13.3. The van der Waals surface area contributed by atoms with E-state index < -0.39 is 0 Å². The quantitative estimate of drug-likeness (QED) is 0.297. The van der Waals surface area contributed by atoms with Crippen LogP contribution in [0.4, 0.5) is 11.5 Å². The Bertz CT molecular complexity index is 1340. The van der Waals surface area contributed by atoms with Gasteiger partial charge in [0, 0.05) is 49.2 Å². The summed E-state index contributed by atoms with van der Waals surface area (Å²) in [4.78, 5) is 24.5. The minimum Gasteiger partial charge on any atom is -0.382 e. The van der Waals surface area contributed by atoms with E-state index in [0.29, 0.717) is 12.4 Å². The third-order valence-corrected chi connectivity index (χ3v) is 7.14. The van der Waals surface area contributed by atoms with E-state index in [1.165, 1.54) is 18.5 Å². The van der Waals surface area contributed by atoms with Crippen molar-refractivity contribution >= 4 is 39.3 Å². The molecular weight excluding hydrogens is 448 g/mol. The lowest BCUT2D eigenvalue weighted by Crippen LogP contribution is -2.25. The highest BCUT2D eigenvalue weighted by molar-refractivity contribution is 6.06. The average molecular weight is 485 g/mol. The number of aryl methyl sites for hydroxylation is 2. The summed E-state index contributed by atoms with van der Waals surface area (Å²) >= 11 is 0. The molecule has 0 bridgehead atoms. The molecule has 2 aromatic heterocycles. The average Bonchev–Trinajstić information content (AvgIpc) is 3.56. The van der Waals surface area contributed by atoms with Crippen LogP contribution in [0.25, 0.3) is 21.9 Å². The molecule has 1 aliphatic rings. The Kier molecular flexibility index (Phi) is 7.35. The number of carbonyl (C=O) groups excluding carboxylic acids is 1. The number of unbranched alkanes of at least 4 members (excludes halogenated alkanes) is 2. The molecule has 5 rings (SSSR count). The van der Waals surface area contributed by atoms with Crippen LogP contribution in [0, 0.1) is 0 Å². The van der Waals surface area contributed by atoms with Gasteiger partial charge in [-0.25, -0.2) is 9.97 Å². The number of hydrogen-bond acceptors (Lipinski definition) is 5. The van der Waals surface area contributed by atoms with Gasteiger partial charge in [-0.2, -0.15) is 0 Å². The van der Waals surface area contributed by atoms with Crippen molar-refractivity contribution in [2.45, 2.75) is 58.4 Å². The number of imidazole rings is 1. The van der Waals surface area contributed by atoms with Crippen LogP contribution in [0.5, 0.6) is 0 Å². The van der Waals surface area contributed by atoms with E-state index in [9.17, 15) is 4.79 Å². The fourth-order valence-electron chi connectivity index (χ4n) is 5.17. The van der Waals surface area contributed by atoms with Gasteiger partial charge in [0.2, 0.25) is 0 Å². The van der Waals surface area contributed by atoms with Crippen LogP contribution in [0.2, 0.25) is 0 Å². The largest absolute Gasteiger partial charge is 0.382 e. The molecule has 7 nitrogen and oxygen atoms in total. The van der Waals surface area contributed by atoms with Gasteiger partial charge in [0.15, 0.2) is 5.82 Å². The van der Waals surface area contributed by atoms with Crippen LogP contribution >= 0.6 is 0 Å². The smallest absolute Gasteiger partial charge is 0.251 e. The van der Waals surface area contributed by atoms with Crippen LogP contribution in [-0.4, -0.2) is 40.1 Å². The predicted molar refractivity (Wildman–Crippen MR) is 148 cm³/mol. The number of nitrogens with two attached hydrogens (primary N) is 1. The third kappa shape index (κ3) is 5.01. The Morgan fingerprint density at radius 1 is 1.00 bits per heavy atom. The number of nitrogens with one attached hydrogen (secondary N) is 1. The number of fused-ring (bicyclic) bond motifs is 3. The SMILES string of the molecule is CCCCc1nc2c(N)nc3ccccc3c2n1CCCCNC(=O)c1ccc(N2CCCC2)cc1. The van der Waals surface area contributed by atoms with E-state index >= 15 is 0 Å². The van der Waals surface area contributed by atoms with E-state index in [1.807, 2.05) is 30.3 Å². The topological polar surface area (TPSA) is 89.1 Å². The first kappa shape index (κ1) is 24.1. The number of para-hydroxylation sites is 1. The molecule has 7 heteroatoms. The molecule has 0 atom stereocenters. The Morgan fingerprint density at radius 2 is 1.78 bits per heavy atom. The van der Waals surface area contributed by atoms with Gasteiger partial charge >= 0.3 is 0 Å². The van der Waals surface area contributed by atoms with Crippen molar-refractivity contribution in [2.75, 3.05) is 30.3 Å². The molecule has 0 aliphatic carbocycles. The van der Waals surface area contributed by atoms with Gasteiger partial charge in [0.05, 0.1) is 11.0 Å². The number of pyridine rings is 1. The molecule has 0 saturated carbocycles. The molecule has 1 fully saturated rings. The van der Waals surface area contributed by atoms with E-state index in [2.05, 4.69) is 44.9 Å². The van der Waals surface area contributed by atoms with Gasteiger partial charge in [-0.15, -0.1) is 0 Å². The second kappa shape index (κ2) is 11.0. The number of hydrogen-bond donors (Lipinski definition) is 2. The molecule has 188 valence electrons. The first-order valence-corrected chi connectivity index (χ1v) is 13.3. The van der Waals surface area contributed by atoms with Crippen molar-refractivity contribution < 1.29 is 4.79 Å². The molecule has 0 unspecified atom stereocenters. The standard InChI is InChI=1S/C29H36N6O/c1-2-3-12-25-33-26-27(23-10-4-5-11-24(23)32-28(26)30)35(25)20-7-6-17-31-29(36)21-13-15-22(16-14-21)34-18-8-9-19-34/h4-5,10-11,13-16H,2-3,6-9,12,17-20H2,1H3,(H2,30,32)(H,31,36). The van der Waals surface area contributed by atoms with E-state index in [-0.39, 0.29) is 5.91 Å². The van der Waals surface area contributed by atoms with Crippen LogP contribution < -0.4 is 16.0 Å². The molecule has 1 aliphatic heterocycles. The first-order chi connectivity index (χ1) is 17.7. The van der Waals surface area contributed by atoms with Crippen LogP contribution in [0.1, 0.15) is 61.6 Å². The van der Waals surface area contributed by atoms with Crippen LogP contribution in [-0.2, 0) is 13.0 Å². The molecule has 3 heterocycles. The summed E-state index contributed by atoms with van der Waals surface area (Å²) in [6, 6.07) is 16.1. The number of rotatable bonds is 10. The maximum absolute atomic E-state index is 12.6. The Morgan fingerprint density at radius 3 is 2.56 bits per heavy atom. The number of benzene rings is 2. The van der Waals surface area contributed by atoms with Crippen molar-refractivity contribution in [3.05, 3.63) is 59.9 Å². The lowest BCUT2D eigenvalue weighted by molar-refractivity contribution is 0.0953. The third-order valence-electron chi connectivity index (χ3n) is 7.14. The Labute approximate surface area is 212 Å². The number of aromatic nitrogens is 3. The van der Waals surface area contributed by atoms with Gasteiger partial charge in [-0.05, 0) is 62.4 Å². The maximum atomic E-state index is 12.6. The second-order valence-corrected chi connectivity index (χ2v) is 9.70. The van der Waals surface area contributed by atoms with E-state index in [0.717, 1.165) is 85.1 Å². The summed E-state index contributed by atoms with van der Waals surface area (Å²) in [7, 11) is 0. The zero-order valence-electron chi connectivity index (χ0n) is 21.2. The highest BCUT2D eigenvalue weighted by atomic mass is 16.1. The normalized spacial score (nSPS) is 13.6. The monoisotopic (exact) mass is 484 g/mol. The van der Waals surface area contributed by atoms with E-state index in [4.69, 9.17) is 10.7 Å². The summed E-state index contributed by atoms with van der Waals surface area (Å²) in [6.07, 6.45) is 7.45. The van der Waals surface area contributed by atoms with Gasteiger partial charge < -0.3 is 20.5 Å². The molecule has 0 spiro atoms. The minimum atomic E-state index is -0.00970. The summed E-state index contributed by atoms with van der Waals surface area (Å²) in [6.45, 7) is 5.89. The minimum absolute atomic E-state index is 0.00970. The zero-order chi connectivity index (χ0) is 24.9. The lowest BCUT2D eigenvalue weighted by atomic mass is 10.1. The van der Waals surface area contributed by atoms with Crippen molar-refractivity contribution in [3.63, 3.8) is 0 Å². The van der Waals surface area contributed by atoms with Crippen molar-refractivity contribution in [1.29, 1.82) is 0 Å². The predicted octanol–water partition coefficient (Wildman–Crippen LogP) is 5.32.